The highest BCUT2D eigenvalue weighted by molar-refractivity contribution is 7.14. The predicted molar refractivity (Wildman–Crippen MR) is 89.0 cm³/mol. The van der Waals surface area contributed by atoms with Crippen LogP contribution in [0.2, 0.25) is 10.0 Å². The van der Waals surface area contributed by atoms with Crippen molar-refractivity contribution in [3.05, 3.63) is 57.1 Å². The molecule has 0 aliphatic carbocycles. The quantitative estimate of drug-likeness (QED) is 0.698. The second-order valence-corrected chi connectivity index (χ2v) is 6.23. The Bertz CT molecular complexity index is 842. The van der Waals surface area contributed by atoms with Crippen LogP contribution in [-0.4, -0.2) is 10.9 Å². The zero-order chi connectivity index (χ0) is 15.7. The lowest BCUT2D eigenvalue weighted by Crippen LogP contribution is -2.12. The molecule has 1 amide bonds. The minimum Gasteiger partial charge on any atom is -0.460 e. The Labute approximate surface area is 140 Å². The molecule has 22 heavy (non-hydrogen) atoms. The Morgan fingerprint density at radius 1 is 1.27 bits per heavy atom. The predicted octanol–water partition coefficient (Wildman–Crippen LogP) is 5.27. The summed E-state index contributed by atoms with van der Waals surface area (Å²) >= 11 is 13.1. The van der Waals surface area contributed by atoms with Crippen LogP contribution in [0.1, 0.15) is 16.1 Å². The highest BCUT2D eigenvalue weighted by Crippen LogP contribution is 2.27. The second kappa shape index (κ2) is 6.12. The van der Waals surface area contributed by atoms with Gasteiger partial charge in [0.2, 0.25) is 0 Å². The van der Waals surface area contributed by atoms with Gasteiger partial charge in [-0.1, -0.05) is 23.2 Å². The Morgan fingerprint density at radius 3 is 2.77 bits per heavy atom. The topological polar surface area (TPSA) is 55.1 Å². The molecule has 2 aromatic heterocycles. The molecule has 0 aliphatic rings. The van der Waals surface area contributed by atoms with Crippen LogP contribution in [0.3, 0.4) is 0 Å². The van der Waals surface area contributed by atoms with Gasteiger partial charge in [-0.05, 0) is 37.3 Å². The third kappa shape index (κ3) is 3.16. The summed E-state index contributed by atoms with van der Waals surface area (Å²) in [7, 11) is 0. The van der Waals surface area contributed by atoms with Gasteiger partial charge in [-0.25, -0.2) is 4.98 Å². The number of nitrogens with zero attached hydrogens (tertiary/aromatic N) is 1. The number of benzene rings is 1. The minimum atomic E-state index is -0.335. The van der Waals surface area contributed by atoms with Gasteiger partial charge in [0.05, 0.1) is 10.6 Å². The molecule has 0 spiro atoms. The molecule has 0 saturated heterocycles. The lowest BCUT2D eigenvalue weighted by molar-refractivity contribution is 0.102. The standard InChI is InChI=1S/C15H10Cl2N2O2S/c1-8-2-5-13(21-8)12-7-22-15(18-12)19-14(20)10-4-3-9(16)6-11(10)17/h2-7H,1H3,(H,18,19,20). The van der Waals surface area contributed by atoms with E-state index in [0.717, 1.165) is 5.76 Å². The maximum atomic E-state index is 12.2. The summed E-state index contributed by atoms with van der Waals surface area (Å²) in [4.78, 5) is 16.5. The first kappa shape index (κ1) is 15.1. The minimum absolute atomic E-state index is 0.295. The van der Waals surface area contributed by atoms with Crippen LogP contribution >= 0.6 is 34.5 Å². The molecule has 0 bridgehead atoms. The molecule has 112 valence electrons. The van der Waals surface area contributed by atoms with Crippen LogP contribution in [-0.2, 0) is 0 Å². The number of hydrogen-bond donors (Lipinski definition) is 1. The van der Waals surface area contributed by atoms with Crippen molar-refractivity contribution < 1.29 is 9.21 Å². The molecule has 0 saturated carbocycles. The fourth-order valence-electron chi connectivity index (χ4n) is 1.85. The third-order valence-corrected chi connectivity index (χ3v) is 4.20. The van der Waals surface area contributed by atoms with Crippen LogP contribution < -0.4 is 5.32 Å². The van der Waals surface area contributed by atoms with Gasteiger partial charge in [0.1, 0.15) is 11.5 Å². The summed E-state index contributed by atoms with van der Waals surface area (Å²) in [6, 6.07) is 8.41. The molecule has 4 nitrogen and oxygen atoms in total. The molecule has 3 rings (SSSR count). The number of nitrogens with one attached hydrogen (secondary N) is 1. The van der Waals surface area contributed by atoms with Crippen LogP contribution in [0.25, 0.3) is 11.5 Å². The Kier molecular flexibility index (Phi) is 4.20. The van der Waals surface area contributed by atoms with Crippen LogP contribution in [0, 0.1) is 6.92 Å². The van der Waals surface area contributed by atoms with E-state index in [1.54, 1.807) is 12.1 Å². The molecule has 0 fully saturated rings. The average Bonchev–Trinajstić information content (AvgIpc) is 3.07. The number of halogens is 2. The number of anilines is 1. The summed E-state index contributed by atoms with van der Waals surface area (Å²) < 4.78 is 5.50. The number of aryl methyl sites for hydroxylation is 1. The lowest BCUT2D eigenvalue weighted by Gasteiger charge is -2.04. The van der Waals surface area contributed by atoms with Crippen molar-refractivity contribution in [1.29, 1.82) is 0 Å². The van der Waals surface area contributed by atoms with Gasteiger partial charge in [0, 0.05) is 10.4 Å². The van der Waals surface area contributed by atoms with Crippen molar-refractivity contribution in [3.63, 3.8) is 0 Å². The summed E-state index contributed by atoms with van der Waals surface area (Å²) in [6.45, 7) is 1.86. The van der Waals surface area contributed by atoms with E-state index in [2.05, 4.69) is 10.3 Å². The van der Waals surface area contributed by atoms with Crippen LogP contribution in [0.5, 0.6) is 0 Å². The first-order valence-corrected chi connectivity index (χ1v) is 7.95. The Hall–Kier alpha value is -1.82. The molecule has 0 radical (unpaired) electrons. The molecule has 0 aliphatic heterocycles. The van der Waals surface area contributed by atoms with Crippen molar-refractivity contribution in [3.8, 4) is 11.5 Å². The Balaban J connectivity index is 1.79. The van der Waals surface area contributed by atoms with Crippen LogP contribution in [0.15, 0.2) is 40.1 Å². The highest BCUT2D eigenvalue weighted by Gasteiger charge is 2.14. The molecular weight excluding hydrogens is 343 g/mol. The van der Waals surface area contributed by atoms with Crippen molar-refractivity contribution in [2.24, 2.45) is 0 Å². The Morgan fingerprint density at radius 2 is 2.09 bits per heavy atom. The SMILES string of the molecule is Cc1ccc(-c2csc(NC(=O)c3ccc(Cl)cc3Cl)n2)o1. The number of thiazole rings is 1. The van der Waals surface area contributed by atoms with Gasteiger partial charge in [-0.3, -0.25) is 10.1 Å². The number of aromatic nitrogens is 1. The first-order chi connectivity index (χ1) is 10.5. The van der Waals surface area contributed by atoms with E-state index in [1.165, 1.54) is 17.4 Å². The van der Waals surface area contributed by atoms with E-state index in [4.69, 9.17) is 27.6 Å². The molecule has 7 heteroatoms. The van der Waals surface area contributed by atoms with Crippen molar-refractivity contribution in [2.45, 2.75) is 6.92 Å². The van der Waals surface area contributed by atoms with E-state index in [1.807, 2.05) is 24.4 Å². The maximum absolute atomic E-state index is 12.2. The molecule has 0 atom stereocenters. The molecule has 0 unspecified atom stereocenters. The van der Waals surface area contributed by atoms with Gasteiger partial charge in [-0.2, -0.15) is 0 Å². The molecule has 3 aromatic rings. The average molecular weight is 353 g/mol. The first-order valence-electron chi connectivity index (χ1n) is 6.31. The van der Waals surface area contributed by atoms with Gasteiger partial charge in [-0.15, -0.1) is 11.3 Å². The van der Waals surface area contributed by atoms with Crippen molar-refractivity contribution in [2.75, 3.05) is 5.32 Å². The smallest absolute Gasteiger partial charge is 0.258 e. The van der Waals surface area contributed by atoms with Crippen molar-refractivity contribution >= 4 is 45.6 Å². The van der Waals surface area contributed by atoms with E-state index in [-0.39, 0.29) is 5.91 Å². The summed E-state index contributed by atoms with van der Waals surface area (Å²) in [6.07, 6.45) is 0. The maximum Gasteiger partial charge on any atom is 0.258 e. The monoisotopic (exact) mass is 352 g/mol. The fourth-order valence-corrected chi connectivity index (χ4v) is 3.04. The summed E-state index contributed by atoms with van der Waals surface area (Å²) in [5.74, 6) is 1.14. The fraction of sp³-hybridized carbons (Fsp3) is 0.0667. The zero-order valence-electron chi connectivity index (χ0n) is 11.4. The number of furan rings is 1. The highest BCUT2D eigenvalue weighted by atomic mass is 35.5. The number of hydrogen-bond acceptors (Lipinski definition) is 4. The van der Waals surface area contributed by atoms with E-state index >= 15 is 0 Å². The lowest BCUT2D eigenvalue weighted by atomic mass is 10.2. The molecular formula is C15H10Cl2N2O2S. The number of amides is 1. The third-order valence-electron chi connectivity index (χ3n) is 2.89. The van der Waals surface area contributed by atoms with Gasteiger partial charge in [0.25, 0.3) is 5.91 Å². The molecule has 2 heterocycles. The van der Waals surface area contributed by atoms with E-state index < -0.39 is 0 Å². The van der Waals surface area contributed by atoms with Gasteiger partial charge < -0.3 is 4.42 Å². The van der Waals surface area contributed by atoms with Crippen LogP contribution in [0.4, 0.5) is 5.13 Å². The van der Waals surface area contributed by atoms with E-state index in [0.29, 0.717) is 32.2 Å². The van der Waals surface area contributed by atoms with Crippen molar-refractivity contribution in [1.82, 2.24) is 4.98 Å². The van der Waals surface area contributed by atoms with E-state index in [9.17, 15) is 4.79 Å². The molecule has 1 N–H and O–H groups in total. The van der Waals surface area contributed by atoms with Gasteiger partial charge >= 0.3 is 0 Å². The number of rotatable bonds is 3. The number of carbonyl (C=O) groups is 1. The largest absolute Gasteiger partial charge is 0.460 e. The van der Waals surface area contributed by atoms with Gasteiger partial charge in [0.15, 0.2) is 10.9 Å². The zero-order valence-corrected chi connectivity index (χ0v) is 13.7. The second-order valence-electron chi connectivity index (χ2n) is 4.53. The number of carbonyl (C=O) groups excluding carboxylic acids is 1. The molecule has 1 aromatic carbocycles. The summed E-state index contributed by atoms with van der Waals surface area (Å²) in [5.41, 5.74) is 1.02. The summed E-state index contributed by atoms with van der Waals surface area (Å²) in [5, 5.41) is 5.78. The normalized spacial score (nSPS) is 10.7.